The van der Waals surface area contributed by atoms with Gasteiger partial charge in [-0.1, -0.05) is 0 Å². The zero-order chi connectivity index (χ0) is 16.0. The van der Waals surface area contributed by atoms with Crippen molar-refractivity contribution in [1.29, 1.82) is 0 Å². The van der Waals surface area contributed by atoms with E-state index in [1.807, 2.05) is 13.8 Å². The standard InChI is InChI=1S/C13H20O8/c1-7(2)4-19-5-8(15)6-20-12-10(17)13(18)21-11(12)9(16)3-14/h4,8-9,11,14-17H,3,5-6H2,1-2H3/t8?,9-,11+/m0/s1. The monoisotopic (exact) mass is 304 g/mol. The number of carbonyl (C=O) groups excluding carboxylic acids is 1. The summed E-state index contributed by atoms with van der Waals surface area (Å²) in [7, 11) is 0. The molecule has 120 valence electrons. The third kappa shape index (κ3) is 4.92. The highest BCUT2D eigenvalue weighted by Gasteiger charge is 2.40. The molecule has 8 heteroatoms. The topological polar surface area (TPSA) is 126 Å². The van der Waals surface area contributed by atoms with Gasteiger partial charge >= 0.3 is 5.97 Å². The second-order valence-corrected chi connectivity index (χ2v) is 4.78. The zero-order valence-electron chi connectivity index (χ0n) is 11.9. The number of aliphatic hydroxyl groups is 4. The Morgan fingerprint density at radius 2 is 2.05 bits per heavy atom. The van der Waals surface area contributed by atoms with Gasteiger partial charge in [-0.05, 0) is 19.4 Å². The molecule has 0 aromatic heterocycles. The van der Waals surface area contributed by atoms with Gasteiger partial charge in [-0.15, -0.1) is 0 Å². The van der Waals surface area contributed by atoms with Crippen LogP contribution in [0.25, 0.3) is 0 Å². The van der Waals surface area contributed by atoms with Crippen LogP contribution in [-0.4, -0.2) is 64.5 Å². The van der Waals surface area contributed by atoms with Crippen LogP contribution in [0.3, 0.4) is 0 Å². The highest BCUT2D eigenvalue weighted by molar-refractivity contribution is 5.89. The van der Waals surface area contributed by atoms with E-state index in [1.54, 1.807) is 0 Å². The number of aliphatic hydroxyl groups excluding tert-OH is 4. The Morgan fingerprint density at radius 1 is 1.38 bits per heavy atom. The van der Waals surface area contributed by atoms with Crippen LogP contribution in [0.2, 0.25) is 0 Å². The van der Waals surface area contributed by atoms with Crippen molar-refractivity contribution in [2.75, 3.05) is 19.8 Å². The molecule has 0 aromatic rings. The quantitative estimate of drug-likeness (QED) is 0.344. The van der Waals surface area contributed by atoms with E-state index in [2.05, 4.69) is 4.74 Å². The van der Waals surface area contributed by atoms with E-state index < -0.39 is 36.6 Å². The molecule has 1 aliphatic rings. The second-order valence-electron chi connectivity index (χ2n) is 4.78. The number of allylic oxidation sites excluding steroid dienone is 1. The van der Waals surface area contributed by atoms with Gasteiger partial charge in [0.25, 0.3) is 0 Å². The largest absolute Gasteiger partial charge is 0.499 e. The first-order chi connectivity index (χ1) is 9.86. The lowest BCUT2D eigenvalue weighted by atomic mass is 10.2. The summed E-state index contributed by atoms with van der Waals surface area (Å²) in [5.74, 6) is -2.16. The van der Waals surface area contributed by atoms with Crippen LogP contribution in [0.5, 0.6) is 0 Å². The van der Waals surface area contributed by atoms with Crippen molar-refractivity contribution in [3.05, 3.63) is 23.4 Å². The maximum absolute atomic E-state index is 11.2. The Hall–Kier alpha value is -1.77. The first-order valence-electron chi connectivity index (χ1n) is 6.35. The fourth-order valence-corrected chi connectivity index (χ4v) is 1.52. The third-order valence-electron chi connectivity index (χ3n) is 2.49. The van der Waals surface area contributed by atoms with Crippen LogP contribution in [0.4, 0.5) is 0 Å². The molecule has 0 spiro atoms. The maximum atomic E-state index is 11.2. The van der Waals surface area contributed by atoms with Gasteiger partial charge < -0.3 is 34.6 Å². The molecule has 1 unspecified atom stereocenters. The van der Waals surface area contributed by atoms with Crippen molar-refractivity contribution >= 4 is 5.97 Å². The summed E-state index contributed by atoms with van der Waals surface area (Å²) in [6.45, 7) is 2.66. The molecule has 0 amide bonds. The van der Waals surface area contributed by atoms with Crippen LogP contribution in [-0.2, 0) is 19.0 Å². The smallest absolute Gasteiger partial charge is 0.378 e. The van der Waals surface area contributed by atoms with Gasteiger partial charge in [0.15, 0.2) is 11.9 Å². The minimum absolute atomic E-state index is 0.0404. The van der Waals surface area contributed by atoms with Crippen molar-refractivity contribution in [2.24, 2.45) is 0 Å². The highest BCUT2D eigenvalue weighted by Crippen LogP contribution is 2.24. The summed E-state index contributed by atoms with van der Waals surface area (Å²) in [6, 6.07) is 0. The van der Waals surface area contributed by atoms with E-state index in [4.69, 9.17) is 14.6 Å². The van der Waals surface area contributed by atoms with Gasteiger partial charge in [-0.25, -0.2) is 4.79 Å². The molecule has 1 heterocycles. The van der Waals surface area contributed by atoms with Gasteiger partial charge in [0.05, 0.1) is 12.9 Å². The van der Waals surface area contributed by atoms with Crippen molar-refractivity contribution < 1.29 is 39.4 Å². The predicted octanol–water partition coefficient (Wildman–Crippen LogP) is -0.648. The Bertz CT molecular complexity index is 424. The number of esters is 1. The molecule has 8 nitrogen and oxygen atoms in total. The molecule has 1 rings (SSSR count). The summed E-state index contributed by atoms with van der Waals surface area (Å²) in [4.78, 5) is 11.2. The Balaban J connectivity index is 2.55. The van der Waals surface area contributed by atoms with Crippen molar-refractivity contribution in [3.63, 3.8) is 0 Å². The molecular weight excluding hydrogens is 284 g/mol. The fourth-order valence-electron chi connectivity index (χ4n) is 1.52. The molecular formula is C13H20O8. The average molecular weight is 304 g/mol. The van der Waals surface area contributed by atoms with Gasteiger partial charge in [0, 0.05) is 0 Å². The SMILES string of the molecule is CC(C)=COCC(O)COC1=C(O)C(=O)O[C@@H]1[C@@H](O)CO. The summed E-state index contributed by atoms with van der Waals surface area (Å²) >= 11 is 0. The van der Waals surface area contributed by atoms with E-state index in [0.29, 0.717) is 0 Å². The molecule has 0 aromatic carbocycles. The van der Waals surface area contributed by atoms with Crippen molar-refractivity contribution in [3.8, 4) is 0 Å². The lowest BCUT2D eigenvalue weighted by Crippen LogP contribution is -2.33. The normalized spacial score (nSPS) is 20.8. The van der Waals surface area contributed by atoms with Crippen LogP contribution in [0.15, 0.2) is 23.4 Å². The Morgan fingerprint density at radius 3 is 2.62 bits per heavy atom. The lowest BCUT2D eigenvalue weighted by molar-refractivity contribution is -0.148. The molecule has 3 atom stereocenters. The summed E-state index contributed by atoms with van der Waals surface area (Å²) in [6.07, 6.45) is -2.26. The molecule has 0 aliphatic carbocycles. The maximum Gasteiger partial charge on any atom is 0.378 e. The number of rotatable bonds is 8. The second kappa shape index (κ2) is 7.87. The first kappa shape index (κ1) is 17.3. The van der Waals surface area contributed by atoms with E-state index >= 15 is 0 Å². The zero-order valence-corrected chi connectivity index (χ0v) is 11.9. The summed E-state index contributed by atoms with van der Waals surface area (Å²) < 4.78 is 14.8. The van der Waals surface area contributed by atoms with Crippen LogP contribution >= 0.6 is 0 Å². The number of hydrogen-bond donors (Lipinski definition) is 4. The molecule has 0 radical (unpaired) electrons. The summed E-state index contributed by atoms with van der Waals surface area (Å²) in [5, 5.41) is 37.5. The van der Waals surface area contributed by atoms with E-state index in [0.717, 1.165) is 5.57 Å². The van der Waals surface area contributed by atoms with Crippen LogP contribution in [0, 0.1) is 0 Å². The Labute approximate surface area is 121 Å². The van der Waals surface area contributed by atoms with Gasteiger partial charge in [-0.2, -0.15) is 0 Å². The minimum Gasteiger partial charge on any atom is -0.499 e. The van der Waals surface area contributed by atoms with Crippen LogP contribution < -0.4 is 0 Å². The van der Waals surface area contributed by atoms with Gasteiger partial charge in [0.1, 0.15) is 25.4 Å². The van der Waals surface area contributed by atoms with E-state index in [9.17, 15) is 20.1 Å². The number of ether oxygens (including phenoxy) is 3. The molecule has 4 N–H and O–H groups in total. The van der Waals surface area contributed by atoms with E-state index in [-0.39, 0.29) is 19.0 Å². The van der Waals surface area contributed by atoms with Crippen molar-refractivity contribution in [1.82, 2.24) is 0 Å². The highest BCUT2D eigenvalue weighted by atomic mass is 16.6. The molecule has 0 bridgehead atoms. The Kier molecular flexibility index (Phi) is 6.47. The van der Waals surface area contributed by atoms with Crippen LogP contribution in [0.1, 0.15) is 13.8 Å². The molecule has 0 fully saturated rings. The van der Waals surface area contributed by atoms with E-state index in [1.165, 1.54) is 6.26 Å². The lowest BCUT2D eigenvalue weighted by Gasteiger charge is -2.19. The first-order valence-corrected chi connectivity index (χ1v) is 6.35. The third-order valence-corrected chi connectivity index (χ3v) is 2.49. The molecule has 21 heavy (non-hydrogen) atoms. The predicted molar refractivity (Wildman–Crippen MR) is 70.0 cm³/mol. The summed E-state index contributed by atoms with van der Waals surface area (Å²) in [5.41, 5.74) is 0.921. The molecule has 1 aliphatic heterocycles. The number of carbonyl (C=O) groups is 1. The minimum atomic E-state index is -1.42. The molecule has 0 saturated carbocycles. The number of cyclic esters (lactones) is 1. The van der Waals surface area contributed by atoms with Gasteiger partial charge in [-0.3, -0.25) is 0 Å². The number of hydrogen-bond acceptors (Lipinski definition) is 8. The fraction of sp³-hybridized carbons (Fsp3) is 0.615. The average Bonchev–Trinajstić information content (AvgIpc) is 2.71. The van der Waals surface area contributed by atoms with Crippen molar-refractivity contribution in [2.45, 2.75) is 32.2 Å². The molecule has 0 saturated heterocycles. The van der Waals surface area contributed by atoms with Gasteiger partial charge in [0.2, 0.25) is 5.76 Å².